The van der Waals surface area contributed by atoms with E-state index in [1.54, 1.807) is 0 Å². The Hall–Kier alpha value is -4.63. The van der Waals surface area contributed by atoms with Crippen molar-refractivity contribution >= 4 is 21.5 Å². The number of benzene rings is 5. The van der Waals surface area contributed by atoms with Crippen molar-refractivity contribution in [3.05, 3.63) is 99.4 Å². The number of methoxy groups -OCH3 is 1. The largest absolute Gasteiger partial charge is 0.497 e. The minimum absolute atomic E-state index is 0.274. The van der Waals surface area contributed by atoms with Crippen molar-refractivity contribution in [1.82, 2.24) is 0 Å². The predicted octanol–water partition coefficient (Wildman–Crippen LogP) is 9.42. The molecule has 0 atom stereocenters. The van der Waals surface area contributed by atoms with E-state index in [4.69, 9.17) is 0 Å². The molecule has 0 saturated carbocycles. The van der Waals surface area contributed by atoms with Crippen LogP contribution < -0.4 is 4.74 Å². The summed E-state index contributed by atoms with van der Waals surface area (Å²) >= 11 is 0. The quantitative estimate of drug-likeness (QED) is 0.0836. The predicted molar refractivity (Wildman–Crippen MR) is 118 cm³/mol. The van der Waals surface area contributed by atoms with Crippen LogP contribution in [0, 0.1) is 87.3 Å². The van der Waals surface area contributed by atoms with E-state index in [2.05, 4.69) is 4.74 Å². The molecule has 0 amide bonds. The summed E-state index contributed by atoms with van der Waals surface area (Å²) in [7, 11) is 0.873. The molecule has 0 saturated heterocycles. The number of halogens is 15. The normalized spacial score (nSPS) is 11.7. The van der Waals surface area contributed by atoms with E-state index >= 15 is 26.3 Å². The Kier molecular flexibility index (Phi) is 6.93. The Bertz CT molecular complexity index is 1940. The lowest BCUT2D eigenvalue weighted by Gasteiger charge is -2.22. The van der Waals surface area contributed by atoms with Crippen LogP contribution in [-0.2, 0) is 0 Å². The van der Waals surface area contributed by atoms with Crippen molar-refractivity contribution < 1.29 is 70.6 Å². The smallest absolute Gasteiger partial charge is 0.200 e. The van der Waals surface area contributed by atoms with Crippen LogP contribution in [0.15, 0.2) is 12.1 Å². The highest BCUT2D eigenvalue weighted by atomic mass is 19.2. The molecule has 0 aliphatic rings. The zero-order chi connectivity index (χ0) is 32.0. The van der Waals surface area contributed by atoms with Crippen molar-refractivity contribution in [2.24, 2.45) is 0 Å². The van der Waals surface area contributed by atoms with Gasteiger partial charge in [0.05, 0.1) is 18.2 Å². The summed E-state index contributed by atoms with van der Waals surface area (Å²) in [4.78, 5) is 0. The molecule has 0 aliphatic carbocycles. The molecule has 5 rings (SSSR count). The second kappa shape index (κ2) is 9.98. The van der Waals surface area contributed by atoms with Gasteiger partial charge in [-0.25, -0.2) is 65.9 Å². The molecule has 224 valence electrons. The number of fused-ring (bicyclic) bond motifs is 2. The minimum Gasteiger partial charge on any atom is -0.497 e. The second-order valence-electron chi connectivity index (χ2n) is 8.67. The highest BCUT2D eigenvalue weighted by Crippen LogP contribution is 2.51. The van der Waals surface area contributed by atoms with Crippen LogP contribution >= 0.6 is 0 Å². The Morgan fingerprint density at radius 2 is 0.581 bits per heavy atom. The van der Waals surface area contributed by atoms with Crippen LogP contribution in [0.25, 0.3) is 43.8 Å². The van der Waals surface area contributed by atoms with Crippen LogP contribution in [-0.4, -0.2) is 7.11 Å². The van der Waals surface area contributed by atoms with E-state index in [9.17, 15) is 39.5 Å². The van der Waals surface area contributed by atoms with Gasteiger partial charge in [-0.1, -0.05) is 0 Å². The van der Waals surface area contributed by atoms with Crippen LogP contribution in [0.5, 0.6) is 5.75 Å². The van der Waals surface area contributed by atoms with Gasteiger partial charge in [0.2, 0.25) is 5.82 Å². The molecule has 43 heavy (non-hydrogen) atoms. The van der Waals surface area contributed by atoms with Crippen molar-refractivity contribution in [3.8, 4) is 28.0 Å². The first-order valence-corrected chi connectivity index (χ1v) is 11.1. The maximum absolute atomic E-state index is 15.4. The lowest BCUT2D eigenvalue weighted by Crippen LogP contribution is -2.10. The molecule has 1 nitrogen and oxygen atoms in total. The van der Waals surface area contributed by atoms with Crippen LogP contribution in [0.4, 0.5) is 65.9 Å². The van der Waals surface area contributed by atoms with Crippen molar-refractivity contribution in [2.75, 3.05) is 7.11 Å². The maximum Gasteiger partial charge on any atom is 0.200 e. The highest BCUT2D eigenvalue weighted by molar-refractivity contribution is 6.22. The Balaban J connectivity index is 2.31. The van der Waals surface area contributed by atoms with Gasteiger partial charge in [-0.05, 0) is 0 Å². The van der Waals surface area contributed by atoms with E-state index in [-0.39, 0.29) is 12.1 Å². The van der Waals surface area contributed by atoms with Gasteiger partial charge < -0.3 is 4.74 Å². The van der Waals surface area contributed by atoms with E-state index in [0.29, 0.717) is 0 Å². The fourth-order valence-corrected chi connectivity index (χ4v) is 4.68. The van der Waals surface area contributed by atoms with E-state index < -0.39 is 137 Å². The highest BCUT2D eigenvalue weighted by Gasteiger charge is 2.38. The third-order valence-electron chi connectivity index (χ3n) is 6.50. The van der Waals surface area contributed by atoms with Gasteiger partial charge in [-0.3, -0.25) is 0 Å². The van der Waals surface area contributed by atoms with Gasteiger partial charge in [-0.15, -0.1) is 0 Å². The summed E-state index contributed by atoms with van der Waals surface area (Å²) < 4.78 is 227. The summed E-state index contributed by atoms with van der Waals surface area (Å²) in [5, 5.41) is -8.62. The number of hydrogen-bond acceptors (Lipinski definition) is 1. The Morgan fingerprint density at radius 1 is 0.326 bits per heavy atom. The van der Waals surface area contributed by atoms with Gasteiger partial charge in [0, 0.05) is 44.8 Å². The summed E-state index contributed by atoms with van der Waals surface area (Å²) in [6.45, 7) is 0. The summed E-state index contributed by atoms with van der Waals surface area (Å²) in [5.41, 5.74) is -8.45. The summed E-state index contributed by atoms with van der Waals surface area (Å²) in [5.74, 6) is -41.7. The van der Waals surface area contributed by atoms with Crippen molar-refractivity contribution in [2.45, 2.75) is 0 Å². The molecular weight excluding hydrogens is 625 g/mol. The SMILES string of the molecule is COc1cc(F)c(-c2c3c(F)c(F)c(F)c(F)c3c(-c3c(F)c(F)c(F)c(F)c3F)c3c(F)c(F)c(F)c(F)c23)c(F)c1. The maximum atomic E-state index is 15.4. The molecule has 5 aromatic rings. The number of ether oxygens (including phenoxy) is 1. The lowest BCUT2D eigenvalue weighted by molar-refractivity contribution is 0.381. The van der Waals surface area contributed by atoms with Gasteiger partial charge in [0.1, 0.15) is 17.4 Å². The summed E-state index contributed by atoms with van der Waals surface area (Å²) in [6.07, 6.45) is 0. The van der Waals surface area contributed by atoms with Crippen LogP contribution in [0.3, 0.4) is 0 Å². The third-order valence-corrected chi connectivity index (χ3v) is 6.50. The molecule has 0 bridgehead atoms. The average molecular weight is 630 g/mol. The fourth-order valence-electron chi connectivity index (χ4n) is 4.68. The number of rotatable bonds is 3. The first-order chi connectivity index (χ1) is 20.1. The van der Waals surface area contributed by atoms with Gasteiger partial charge in [0.25, 0.3) is 0 Å². The van der Waals surface area contributed by atoms with Crippen LogP contribution in [0.1, 0.15) is 0 Å². The summed E-state index contributed by atoms with van der Waals surface area (Å²) in [6, 6.07) is 0.548. The third kappa shape index (κ3) is 3.91. The van der Waals surface area contributed by atoms with Crippen molar-refractivity contribution in [3.63, 3.8) is 0 Å². The molecule has 0 aliphatic heterocycles. The van der Waals surface area contributed by atoms with E-state index in [0.717, 1.165) is 7.11 Å². The standard InChI is InChI=1S/C27H5F15O/c1-43-4-2-5(28)7(6(29)3-4)8-10-12(17(32)23(38)21(36)15(10)30)9(13-11(8)16(31)22(37)24(39)18(13)33)14-19(34)25(40)27(42)26(41)20(14)35/h2-3H,1H3. The molecule has 0 unspecified atom stereocenters. The van der Waals surface area contributed by atoms with Crippen LogP contribution in [0.2, 0.25) is 0 Å². The molecular formula is C27H5F15O. The molecule has 0 spiro atoms. The molecule has 0 heterocycles. The molecule has 5 aromatic carbocycles. The fraction of sp³-hybridized carbons (Fsp3) is 0.0370. The number of hydrogen-bond donors (Lipinski definition) is 0. The van der Waals surface area contributed by atoms with Crippen molar-refractivity contribution in [1.29, 1.82) is 0 Å². The monoisotopic (exact) mass is 630 g/mol. The Labute approximate surface area is 227 Å². The van der Waals surface area contributed by atoms with Gasteiger partial charge >= 0.3 is 0 Å². The molecule has 0 N–H and O–H groups in total. The lowest BCUT2D eigenvalue weighted by atomic mass is 9.83. The first-order valence-electron chi connectivity index (χ1n) is 11.1. The molecule has 16 heteroatoms. The van der Waals surface area contributed by atoms with E-state index in [1.165, 1.54) is 0 Å². The zero-order valence-electron chi connectivity index (χ0n) is 20.2. The molecule has 0 fully saturated rings. The minimum atomic E-state index is -2.93. The molecule has 0 aromatic heterocycles. The Morgan fingerprint density at radius 3 is 0.884 bits per heavy atom. The molecule has 0 radical (unpaired) electrons. The topological polar surface area (TPSA) is 9.23 Å². The first kappa shape index (κ1) is 29.8. The van der Waals surface area contributed by atoms with E-state index in [1.807, 2.05) is 0 Å². The van der Waals surface area contributed by atoms with Gasteiger partial charge in [0.15, 0.2) is 69.8 Å². The second-order valence-corrected chi connectivity index (χ2v) is 8.67. The van der Waals surface area contributed by atoms with Gasteiger partial charge in [-0.2, -0.15) is 0 Å². The zero-order valence-corrected chi connectivity index (χ0v) is 20.2. The average Bonchev–Trinajstić information content (AvgIpc) is 2.97.